The Hall–Kier alpha value is -3.68. The van der Waals surface area contributed by atoms with Crippen molar-refractivity contribution in [1.29, 1.82) is 0 Å². The molecule has 2 aliphatic rings. The molecule has 0 aliphatic carbocycles. The van der Waals surface area contributed by atoms with Crippen LogP contribution in [0.4, 0.5) is 23.7 Å². The van der Waals surface area contributed by atoms with Gasteiger partial charge in [0.2, 0.25) is 5.91 Å². The summed E-state index contributed by atoms with van der Waals surface area (Å²) >= 11 is 0. The van der Waals surface area contributed by atoms with E-state index >= 15 is 0 Å². The average molecular weight is 647 g/mol. The number of hydrogen-bond acceptors (Lipinski definition) is 7. The molecule has 10 nitrogen and oxygen atoms in total. The predicted octanol–water partition coefficient (Wildman–Crippen LogP) is 4.35. The third-order valence-electron chi connectivity index (χ3n) is 8.40. The molecule has 13 heteroatoms. The molecule has 0 bridgehead atoms. The summed E-state index contributed by atoms with van der Waals surface area (Å²) in [6.45, 7) is 11.2. The number of rotatable bonds is 8. The lowest BCUT2D eigenvalue weighted by Crippen LogP contribution is -2.53. The van der Waals surface area contributed by atoms with Gasteiger partial charge in [-0.25, -0.2) is 4.79 Å². The fourth-order valence-corrected chi connectivity index (χ4v) is 5.90. The number of nitrogens with two attached hydrogens (primary N) is 1. The number of alkyl halides is 3. The molecule has 2 atom stereocenters. The van der Waals surface area contributed by atoms with Crippen molar-refractivity contribution in [2.75, 3.05) is 58.7 Å². The number of carbonyl (C=O) groups excluding carboxylic acids is 3. The number of halogens is 3. The van der Waals surface area contributed by atoms with E-state index in [9.17, 15) is 27.6 Å². The van der Waals surface area contributed by atoms with E-state index in [0.29, 0.717) is 19.6 Å². The predicted molar refractivity (Wildman–Crippen MR) is 169 cm³/mol. The highest BCUT2D eigenvalue weighted by molar-refractivity contribution is 6.04. The number of likely N-dealkylation sites (N-methyl/N-ethyl adjacent to an activating group) is 2. The van der Waals surface area contributed by atoms with Crippen LogP contribution < -0.4 is 11.1 Å². The minimum Gasteiger partial charge on any atom is -0.444 e. The van der Waals surface area contributed by atoms with Crippen molar-refractivity contribution >= 4 is 23.6 Å². The van der Waals surface area contributed by atoms with Crippen LogP contribution >= 0.6 is 0 Å². The number of anilines is 1. The van der Waals surface area contributed by atoms with Crippen LogP contribution in [0.25, 0.3) is 0 Å². The zero-order valence-corrected chi connectivity index (χ0v) is 27.4. The quantitative estimate of drug-likeness (QED) is 0.439. The first-order valence-corrected chi connectivity index (χ1v) is 15.4. The van der Waals surface area contributed by atoms with Crippen LogP contribution in [-0.2, 0) is 28.8 Å². The normalized spacial score (nSPS) is 18.8. The van der Waals surface area contributed by atoms with Crippen LogP contribution in [-0.4, -0.2) is 103 Å². The summed E-state index contributed by atoms with van der Waals surface area (Å²) in [5.41, 5.74) is 6.56. The van der Waals surface area contributed by atoms with E-state index < -0.39 is 41.3 Å². The molecule has 4 rings (SSSR count). The van der Waals surface area contributed by atoms with Gasteiger partial charge in [0, 0.05) is 70.7 Å². The average Bonchev–Trinajstić information content (AvgIpc) is 2.95. The molecule has 0 aromatic heterocycles. The Kier molecular flexibility index (Phi) is 10.7. The van der Waals surface area contributed by atoms with Gasteiger partial charge in [0.1, 0.15) is 11.6 Å². The molecule has 0 radical (unpaired) electrons. The number of piperazine rings is 1. The fraction of sp³-hybridized carbons (Fsp3) is 0.545. The number of fused-ring (bicyclic) bond motifs is 1. The smallest absolute Gasteiger partial charge is 0.416 e. The Morgan fingerprint density at radius 3 is 2.35 bits per heavy atom. The number of nitrogens with one attached hydrogen (secondary N) is 1. The number of primary amides is 1. The van der Waals surface area contributed by atoms with E-state index in [1.807, 2.05) is 29.8 Å². The van der Waals surface area contributed by atoms with Crippen molar-refractivity contribution < 1.29 is 32.3 Å². The van der Waals surface area contributed by atoms with Crippen molar-refractivity contribution in [1.82, 2.24) is 19.6 Å². The molecule has 0 spiro atoms. The number of amides is 3. The van der Waals surface area contributed by atoms with E-state index in [1.165, 1.54) is 24.1 Å². The highest BCUT2D eigenvalue weighted by Crippen LogP contribution is 2.35. The summed E-state index contributed by atoms with van der Waals surface area (Å²) in [4.78, 5) is 45.7. The van der Waals surface area contributed by atoms with Crippen LogP contribution in [0.1, 0.15) is 66.2 Å². The molecule has 46 heavy (non-hydrogen) atoms. The van der Waals surface area contributed by atoms with Crippen LogP contribution in [0.5, 0.6) is 0 Å². The maximum absolute atomic E-state index is 14.1. The minimum atomic E-state index is -4.58. The van der Waals surface area contributed by atoms with Crippen molar-refractivity contribution in [3.63, 3.8) is 0 Å². The molecule has 252 valence electrons. The Morgan fingerprint density at radius 1 is 1.07 bits per heavy atom. The maximum Gasteiger partial charge on any atom is 0.416 e. The number of hydrogen-bond donors (Lipinski definition) is 2. The van der Waals surface area contributed by atoms with Crippen LogP contribution in [0, 0.1) is 0 Å². The molecule has 3 amide bonds. The summed E-state index contributed by atoms with van der Waals surface area (Å²) in [7, 11) is 3.53. The highest BCUT2D eigenvalue weighted by Gasteiger charge is 2.35. The number of ether oxygens (including phenoxy) is 1. The molecule has 1 saturated heterocycles. The van der Waals surface area contributed by atoms with E-state index in [0.717, 1.165) is 30.3 Å². The number of benzene rings is 2. The van der Waals surface area contributed by atoms with E-state index in [-0.39, 0.29) is 42.4 Å². The summed E-state index contributed by atoms with van der Waals surface area (Å²) < 4.78 is 47.6. The Balaban J connectivity index is 1.49. The van der Waals surface area contributed by atoms with Crippen LogP contribution in [0.15, 0.2) is 36.4 Å². The largest absolute Gasteiger partial charge is 0.444 e. The Labute approximate surface area is 268 Å². The van der Waals surface area contributed by atoms with Gasteiger partial charge in [-0.2, -0.15) is 13.2 Å². The van der Waals surface area contributed by atoms with E-state index in [2.05, 4.69) is 10.2 Å². The van der Waals surface area contributed by atoms with Gasteiger partial charge >= 0.3 is 12.3 Å². The summed E-state index contributed by atoms with van der Waals surface area (Å²) in [6.07, 6.45) is -5.16. The molecule has 0 saturated carbocycles. The van der Waals surface area contributed by atoms with Crippen molar-refractivity contribution in [3.05, 3.63) is 64.2 Å². The SMILES string of the molecule is C[C@H]1CN(C(CN(C)C(=O)OC(C)(C)C)C(N)=O)Cc2cc(C(=O)Nc3ccc(CN4CCN(C)CC4)c(C(F)(F)F)c3)ccc21. The second-order valence-electron chi connectivity index (χ2n) is 13.4. The number of carbonyl (C=O) groups is 3. The minimum absolute atomic E-state index is 0.0127. The van der Waals surface area contributed by atoms with Gasteiger partial charge < -0.3 is 25.6 Å². The molecular formula is C33H45F3N6O4. The summed E-state index contributed by atoms with van der Waals surface area (Å²) in [5, 5.41) is 2.63. The standard InChI is InChI=1S/C33H45F3N6O4/c1-21-17-42(28(29(37)43)20-40(6)31(45)46-32(2,3)4)19-24-15-22(8-10-26(21)24)30(44)38-25-9-7-23(27(16-25)33(34,35)36)18-41-13-11-39(5)12-14-41/h7-10,15-16,21,28H,11-14,17-20H2,1-6H3,(H2,37,43)(H,38,44)/t21-,28?/m0/s1. The van der Waals surface area contributed by atoms with Gasteiger partial charge in [0.05, 0.1) is 5.56 Å². The molecular weight excluding hydrogens is 601 g/mol. The van der Waals surface area contributed by atoms with Gasteiger partial charge in [0.25, 0.3) is 5.91 Å². The zero-order valence-electron chi connectivity index (χ0n) is 27.4. The van der Waals surface area contributed by atoms with E-state index in [4.69, 9.17) is 10.5 Å². The zero-order chi connectivity index (χ0) is 34.0. The van der Waals surface area contributed by atoms with Crippen molar-refractivity contribution in [2.45, 2.75) is 64.5 Å². The molecule has 1 fully saturated rings. The Morgan fingerprint density at radius 2 is 1.74 bits per heavy atom. The lowest BCUT2D eigenvalue weighted by molar-refractivity contribution is -0.138. The lowest BCUT2D eigenvalue weighted by atomic mass is 9.88. The van der Waals surface area contributed by atoms with Gasteiger partial charge in [-0.05, 0) is 74.7 Å². The highest BCUT2D eigenvalue weighted by atomic mass is 19.4. The molecule has 1 unspecified atom stereocenters. The fourth-order valence-electron chi connectivity index (χ4n) is 5.90. The first kappa shape index (κ1) is 35.2. The van der Waals surface area contributed by atoms with Crippen molar-refractivity contribution in [3.8, 4) is 0 Å². The van der Waals surface area contributed by atoms with E-state index in [1.54, 1.807) is 32.9 Å². The van der Waals surface area contributed by atoms with Gasteiger partial charge in [-0.3, -0.25) is 19.4 Å². The third kappa shape index (κ3) is 8.98. The van der Waals surface area contributed by atoms with Crippen molar-refractivity contribution in [2.24, 2.45) is 5.73 Å². The molecule has 2 aromatic carbocycles. The third-order valence-corrected chi connectivity index (χ3v) is 8.40. The second kappa shape index (κ2) is 14.0. The van der Waals surface area contributed by atoms with Gasteiger partial charge in [-0.15, -0.1) is 0 Å². The maximum atomic E-state index is 14.1. The summed E-state index contributed by atoms with van der Waals surface area (Å²) in [6, 6.07) is 8.28. The molecule has 2 heterocycles. The summed E-state index contributed by atoms with van der Waals surface area (Å²) in [5.74, 6) is -1.17. The molecule has 3 N–H and O–H groups in total. The number of nitrogens with zero attached hydrogens (tertiary/aromatic N) is 4. The Bertz CT molecular complexity index is 1440. The monoisotopic (exact) mass is 646 g/mol. The molecule has 2 aliphatic heterocycles. The molecule has 2 aromatic rings. The topological polar surface area (TPSA) is 111 Å². The van der Waals surface area contributed by atoms with Gasteiger partial charge in [-0.1, -0.05) is 19.1 Å². The first-order chi connectivity index (χ1) is 21.4. The lowest BCUT2D eigenvalue weighted by Gasteiger charge is -2.38. The van der Waals surface area contributed by atoms with Crippen LogP contribution in [0.2, 0.25) is 0 Å². The second-order valence-corrected chi connectivity index (χ2v) is 13.4. The van der Waals surface area contributed by atoms with Gasteiger partial charge in [0.15, 0.2) is 0 Å². The van der Waals surface area contributed by atoms with Crippen LogP contribution in [0.3, 0.4) is 0 Å². The first-order valence-electron chi connectivity index (χ1n) is 15.4.